The van der Waals surface area contributed by atoms with Crippen molar-refractivity contribution in [2.45, 2.75) is 13.8 Å². The van der Waals surface area contributed by atoms with Crippen molar-refractivity contribution in [2.75, 3.05) is 0 Å². The van der Waals surface area contributed by atoms with Crippen molar-refractivity contribution in [3.63, 3.8) is 0 Å². The molecule has 0 amide bonds. The van der Waals surface area contributed by atoms with Gasteiger partial charge >= 0.3 is 0 Å². The Morgan fingerprint density at radius 2 is 1.05 bits per heavy atom. The molecule has 4 heteroatoms. The Bertz CT molecular complexity index is 738. The van der Waals surface area contributed by atoms with Crippen molar-refractivity contribution in [3.05, 3.63) is 71.6 Å². The van der Waals surface area contributed by atoms with E-state index < -0.39 is 0 Å². The van der Waals surface area contributed by atoms with E-state index in [1.54, 1.807) is 12.4 Å². The van der Waals surface area contributed by atoms with E-state index in [1.807, 2.05) is 62.4 Å². The summed E-state index contributed by atoms with van der Waals surface area (Å²) < 4.78 is 10.9. The normalized spacial score (nSPS) is 11.7. The average molecular weight is 292 g/mol. The second kappa shape index (κ2) is 6.26. The molecular weight excluding hydrogens is 276 g/mol. The van der Waals surface area contributed by atoms with Crippen LogP contribution in [-0.4, -0.2) is 12.4 Å². The molecule has 2 aromatic heterocycles. The molecule has 2 heterocycles. The minimum Gasteiger partial charge on any atom is -0.460 e. The van der Waals surface area contributed by atoms with Crippen LogP contribution in [0.3, 0.4) is 0 Å². The SMILES string of the molecule is Cc1ccc(/C=N/c2ccc(/N=C/c3ccc(C)o3)cc2)o1. The second-order valence-electron chi connectivity index (χ2n) is 4.93. The van der Waals surface area contributed by atoms with Gasteiger partial charge in [-0.25, -0.2) is 0 Å². The van der Waals surface area contributed by atoms with Gasteiger partial charge < -0.3 is 8.83 Å². The molecule has 0 spiro atoms. The van der Waals surface area contributed by atoms with E-state index in [0.29, 0.717) is 0 Å². The van der Waals surface area contributed by atoms with Crippen LogP contribution in [0.2, 0.25) is 0 Å². The van der Waals surface area contributed by atoms with Crippen LogP contribution in [0.1, 0.15) is 23.0 Å². The molecule has 0 aliphatic carbocycles. The van der Waals surface area contributed by atoms with Crippen LogP contribution >= 0.6 is 0 Å². The zero-order valence-electron chi connectivity index (χ0n) is 12.5. The van der Waals surface area contributed by atoms with Crippen molar-refractivity contribution in [2.24, 2.45) is 9.98 Å². The van der Waals surface area contributed by atoms with E-state index in [2.05, 4.69) is 9.98 Å². The third kappa shape index (κ3) is 3.61. The zero-order valence-corrected chi connectivity index (χ0v) is 12.5. The number of furan rings is 2. The fourth-order valence-corrected chi connectivity index (χ4v) is 1.95. The highest BCUT2D eigenvalue weighted by atomic mass is 16.3. The maximum absolute atomic E-state index is 5.44. The van der Waals surface area contributed by atoms with Gasteiger partial charge in [0.2, 0.25) is 0 Å². The molecule has 0 aliphatic heterocycles. The van der Waals surface area contributed by atoms with E-state index in [0.717, 1.165) is 34.4 Å². The molecule has 0 atom stereocenters. The molecule has 4 nitrogen and oxygen atoms in total. The number of aryl methyl sites for hydroxylation is 2. The van der Waals surface area contributed by atoms with E-state index in [4.69, 9.17) is 8.83 Å². The van der Waals surface area contributed by atoms with Crippen molar-refractivity contribution in [1.29, 1.82) is 0 Å². The molecule has 0 fully saturated rings. The lowest BCUT2D eigenvalue weighted by atomic mass is 10.3. The zero-order chi connectivity index (χ0) is 15.4. The molecule has 22 heavy (non-hydrogen) atoms. The summed E-state index contributed by atoms with van der Waals surface area (Å²) in [7, 11) is 0. The summed E-state index contributed by atoms with van der Waals surface area (Å²) in [5.41, 5.74) is 1.70. The smallest absolute Gasteiger partial charge is 0.145 e. The largest absolute Gasteiger partial charge is 0.460 e. The van der Waals surface area contributed by atoms with E-state index >= 15 is 0 Å². The highest BCUT2D eigenvalue weighted by Crippen LogP contribution is 2.19. The van der Waals surface area contributed by atoms with Crippen LogP contribution in [0.4, 0.5) is 11.4 Å². The summed E-state index contributed by atoms with van der Waals surface area (Å²) in [4.78, 5) is 8.73. The van der Waals surface area contributed by atoms with Gasteiger partial charge in [0.05, 0.1) is 23.8 Å². The molecule has 0 N–H and O–H groups in total. The summed E-state index contributed by atoms with van der Waals surface area (Å²) in [6.45, 7) is 3.81. The van der Waals surface area contributed by atoms with Gasteiger partial charge in [-0.3, -0.25) is 9.98 Å². The van der Waals surface area contributed by atoms with E-state index in [1.165, 1.54) is 0 Å². The highest BCUT2D eigenvalue weighted by Gasteiger charge is 1.96. The van der Waals surface area contributed by atoms with Crippen molar-refractivity contribution >= 4 is 23.8 Å². The summed E-state index contributed by atoms with van der Waals surface area (Å²) in [6, 6.07) is 15.2. The van der Waals surface area contributed by atoms with Crippen molar-refractivity contribution in [3.8, 4) is 0 Å². The van der Waals surface area contributed by atoms with E-state index in [-0.39, 0.29) is 0 Å². The second-order valence-corrected chi connectivity index (χ2v) is 4.93. The van der Waals surface area contributed by atoms with Gasteiger partial charge in [-0.15, -0.1) is 0 Å². The van der Waals surface area contributed by atoms with Crippen molar-refractivity contribution < 1.29 is 8.83 Å². The van der Waals surface area contributed by atoms with E-state index in [9.17, 15) is 0 Å². The predicted octanol–water partition coefficient (Wildman–Crippen LogP) is 4.99. The van der Waals surface area contributed by atoms with Gasteiger partial charge in [0.15, 0.2) is 0 Å². The summed E-state index contributed by atoms with van der Waals surface area (Å²) in [5.74, 6) is 3.24. The molecule has 3 aromatic rings. The Morgan fingerprint density at radius 3 is 1.36 bits per heavy atom. The molecule has 110 valence electrons. The maximum Gasteiger partial charge on any atom is 0.145 e. The molecule has 0 unspecified atom stereocenters. The molecular formula is C18H16N2O2. The Kier molecular flexibility index (Phi) is 4.01. The number of benzene rings is 1. The fraction of sp³-hybridized carbons (Fsp3) is 0.111. The van der Waals surface area contributed by atoms with Gasteiger partial charge in [0.1, 0.15) is 23.0 Å². The first-order chi connectivity index (χ1) is 10.7. The van der Waals surface area contributed by atoms with Crippen LogP contribution in [0.15, 0.2) is 67.4 Å². The van der Waals surface area contributed by atoms with Crippen LogP contribution in [0, 0.1) is 13.8 Å². The quantitative estimate of drug-likeness (QED) is 0.636. The molecule has 0 radical (unpaired) electrons. The average Bonchev–Trinajstić information content (AvgIpc) is 3.12. The van der Waals surface area contributed by atoms with Gasteiger partial charge in [0.25, 0.3) is 0 Å². The van der Waals surface area contributed by atoms with Crippen LogP contribution in [0.25, 0.3) is 0 Å². The fourth-order valence-electron chi connectivity index (χ4n) is 1.95. The summed E-state index contributed by atoms with van der Waals surface area (Å²) in [5, 5.41) is 0. The van der Waals surface area contributed by atoms with Crippen LogP contribution in [-0.2, 0) is 0 Å². The van der Waals surface area contributed by atoms with Crippen LogP contribution in [0.5, 0.6) is 0 Å². The third-order valence-electron chi connectivity index (χ3n) is 3.05. The Labute approximate surface area is 128 Å². The lowest BCUT2D eigenvalue weighted by molar-refractivity contribution is 0.527. The topological polar surface area (TPSA) is 51.0 Å². The number of rotatable bonds is 4. The third-order valence-corrected chi connectivity index (χ3v) is 3.05. The molecule has 0 bridgehead atoms. The van der Waals surface area contributed by atoms with Crippen LogP contribution < -0.4 is 0 Å². The van der Waals surface area contributed by atoms with Crippen molar-refractivity contribution in [1.82, 2.24) is 0 Å². The Morgan fingerprint density at radius 1 is 0.636 bits per heavy atom. The Balaban J connectivity index is 1.67. The molecule has 1 aromatic carbocycles. The minimum atomic E-state index is 0.743. The van der Waals surface area contributed by atoms with Gasteiger partial charge in [-0.1, -0.05) is 0 Å². The Hall–Kier alpha value is -2.88. The number of hydrogen-bond donors (Lipinski definition) is 0. The number of hydrogen-bond acceptors (Lipinski definition) is 4. The summed E-state index contributed by atoms with van der Waals surface area (Å²) in [6.07, 6.45) is 3.41. The van der Waals surface area contributed by atoms with Gasteiger partial charge in [0, 0.05) is 0 Å². The number of nitrogens with zero attached hydrogens (tertiary/aromatic N) is 2. The first-order valence-corrected chi connectivity index (χ1v) is 7.00. The summed E-state index contributed by atoms with van der Waals surface area (Å²) >= 11 is 0. The first kappa shape index (κ1) is 14.1. The van der Waals surface area contributed by atoms with Gasteiger partial charge in [-0.2, -0.15) is 0 Å². The molecule has 0 saturated carbocycles. The highest BCUT2D eigenvalue weighted by molar-refractivity contribution is 5.80. The molecule has 0 aliphatic rings. The van der Waals surface area contributed by atoms with Gasteiger partial charge in [-0.05, 0) is 62.4 Å². The minimum absolute atomic E-state index is 0.743. The predicted molar refractivity (Wildman–Crippen MR) is 87.8 cm³/mol. The monoisotopic (exact) mass is 292 g/mol. The number of aliphatic imine (C=N–C) groups is 2. The maximum atomic E-state index is 5.44. The molecule has 3 rings (SSSR count). The lowest BCUT2D eigenvalue weighted by Crippen LogP contribution is -1.75. The standard InChI is InChI=1S/C18H16N2O2/c1-13-3-9-17(21-13)11-19-15-5-7-16(8-6-15)20-12-18-10-4-14(2)22-18/h3-12H,1-2H3/b19-11+,20-12+. The lowest BCUT2D eigenvalue weighted by Gasteiger charge is -1.95. The first-order valence-electron chi connectivity index (χ1n) is 7.00. The molecule has 0 saturated heterocycles.